The van der Waals surface area contributed by atoms with Crippen LogP contribution in [0.2, 0.25) is 0 Å². The molecule has 68 valence electrons. The molecule has 1 unspecified atom stereocenters. The summed E-state index contributed by atoms with van der Waals surface area (Å²) < 4.78 is 5.12. The Kier molecular flexibility index (Phi) is 3.35. The van der Waals surface area contributed by atoms with Crippen LogP contribution in [0, 0.1) is 5.41 Å². The Bertz CT molecular complexity index is 175. The smallest absolute Gasteiger partial charge is 0.0985 e. The number of hydrogen-bond donors (Lipinski definition) is 1. The molecule has 2 nitrogen and oxygen atoms in total. The fourth-order valence-electron chi connectivity index (χ4n) is 1.51. The molecule has 1 N–H and O–H groups in total. The summed E-state index contributed by atoms with van der Waals surface area (Å²) in [4.78, 5) is 0. The largest absolute Gasteiger partial charge is 0.501 e. The molecule has 0 saturated carbocycles. The Morgan fingerprint density at radius 3 is 3.00 bits per heavy atom. The quantitative estimate of drug-likeness (QED) is 0.513. The van der Waals surface area contributed by atoms with Gasteiger partial charge in [0.25, 0.3) is 0 Å². The molecule has 0 spiro atoms. The number of allylic oxidation sites excluding steroid dienone is 1. The average molecular weight is 168 g/mol. The van der Waals surface area contributed by atoms with Gasteiger partial charge in [-0.2, -0.15) is 0 Å². The van der Waals surface area contributed by atoms with E-state index in [0.29, 0.717) is 6.61 Å². The molecule has 0 aromatic heterocycles. The summed E-state index contributed by atoms with van der Waals surface area (Å²) in [7, 11) is 0. The number of ether oxygens (including phenoxy) is 1. The van der Waals surface area contributed by atoms with Crippen LogP contribution in [0.1, 0.15) is 19.3 Å². The molecule has 0 aromatic carbocycles. The summed E-state index contributed by atoms with van der Waals surface area (Å²) in [5, 5.41) is 9.20. The first-order chi connectivity index (χ1) is 5.83. The fourth-order valence-corrected chi connectivity index (χ4v) is 1.51. The van der Waals surface area contributed by atoms with Crippen LogP contribution in [0.3, 0.4) is 0 Å². The predicted molar refractivity (Wildman–Crippen MR) is 48.7 cm³/mol. The molecule has 1 rings (SSSR count). The van der Waals surface area contributed by atoms with E-state index in [1.807, 2.05) is 0 Å². The van der Waals surface area contributed by atoms with E-state index >= 15 is 0 Å². The molecule has 0 heterocycles. The zero-order valence-corrected chi connectivity index (χ0v) is 7.33. The van der Waals surface area contributed by atoms with Gasteiger partial charge >= 0.3 is 0 Å². The standard InChI is InChI=1S/C10H16O2/c1-2-12-9-10(8-11)6-4-3-5-7-10/h2,4,6,11H,1,3,5,7-9H2. The monoisotopic (exact) mass is 168 g/mol. The van der Waals surface area contributed by atoms with Crippen molar-refractivity contribution in [1.29, 1.82) is 0 Å². The lowest BCUT2D eigenvalue weighted by Crippen LogP contribution is -2.29. The van der Waals surface area contributed by atoms with Crippen LogP contribution < -0.4 is 0 Å². The normalized spacial score (nSPS) is 28.4. The Hall–Kier alpha value is -0.760. The average Bonchev–Trinajstić information content (AvgIpc) is 2.16. The van der Waals surface area contributed by atoms with E-state index in [1.54, 1.807) is 0 Å². The van der Waals surface area contributed by atoms with Gasteiger partial charge in [-0.3, -0.25) is 0 Å². The SMILES string of the molecule is C=COCC1(CO)C=CCCC1. The highest BCUT2D eigenvalue weighted by Crippen LogP contribution is 2.30. The van der Waals surface area contributed by atoms with Gasteiger partial charge in [-0.05, 0) is 19.3 Å². The Morgan fingerprint density at radius 1 is 1.67 bits per heavy atom. The van der Waals surface area contributed by atoms with Gasteiger partial charge in [0.1, 0.15) is 0 Å². The van der Waals surface area contributed by atoms with Gasteiger partial charge in [-0.25, -0.2) is 0 Å². The number of rotatable bonds is 4. The lowest BCUT2D eigenvalue weighted by molar-refractivity contribution is 0.0714. The van der Waals surface area contributed by atoms with Crippen LogP contribution in [0.5, 0.6) is 0 Å². The second-order valence-electron chi connectivity index (χ2n) is 3.29. The van der Waals surface area contributed by atoms with E-state index < -0.39 is 0 Å². The third kappa shape index (κ3) is 2.11. The molecular weight excluding hydrogens is 152 g/mol. The van der Waals surface area contributed by atoms with E-state index in [-0.39, 0.29) is 12.0 Å². The van der Waals surface area contributed by atoms with E-state index in [4.69, 9.17) is 4.74 Å². The second-order valence-corrected chi connectivity index (χ2v) is 3.29. The first-order valence-corrected chi connectivity index (χ1v) is 4.34. The molecule has 1 atom stereocenters. The zero-order chi connectivity index (χ0) is 8.86. The van der Waals surface area contributed by atoms with E-state index in [2.05, 4.69) is 18.7 Å². The minimum absolute atomic E-state index is 0.146. The van der Waals surface area contributed by atoms with Crippen LogP contribution in [0.4, 0.5) is 0 Å². The van der Waals surface area contributed by atoms with Gasteiger partial charge in [0, 0.05) is 5.41 Å². The molecule has 0 saturated heterocycles. The van der Waals surface area contributed by atoms with Crippen molar-refractivity contribution in [3.05, 3.63) is 25.0 Å². The second kappa shape index (κ2) is 4.31. The molecule has 0 aromatic rings. The van der Waals surface area contributed by atoms with Crippen molar-refractivity contribution in [3.8, 4) is 0 Å². The van der Waals surface area contributed by atoms with Crippen molar-refractivity contribution in [2.24, 2.45) is 5.41 Å². The summed E-state index contributed by atoms with van der Waals surface area (Å²) in [5.74, 6) is 0. The molecule has 1 aliphatic rings. The Morgan fingerprint density at radius 2 is 2.50 bits per heavy atom. The highest BCUT2D eigenvalue weighted by atomic mass is 16.5. The van der Waals surface area contributed by atoms with Crippen molar-refractivity contribution in [3.63, 3.8) is 0 Å². The zero-order valence-electron chi connectivity index (χ0n) is 7.33. The van der Waals surface area contributed by atoms with Crippen LogP contribution in [-0.4, -0.2) is 18.3 Å². The summed E-state index contributed by atoms with van der Waals surface area (Å²) in [6.45, 7) is 4.19. The van der Waals surface area contributed by atoms with Gasteiger partial charge in [-0.1, -0.05) is 18.7 Å². The maximum atomic E-state index is 9.20. The van der Waals surface area contributed by atoms with Crippen LogP contribution in [0.25, 0.3) is 0 Å². The van der Waals surface area contributed by atoms with Crippen LogP contribution >= 0.6 is 0 Å². The van der Waals surface area contributed by atoms with Crippen molar-refractivity contribution in [1.82, 2.24) is 0 Å². The highest BCUT2D eigenvalue weighted by Gasteiger charge is 2.28. The molecule has 12 heavy (non-hydrogen) atoms. The lowest BCUT2D eigenvalue weighted by Gasteiger charge is -2.30. The first-order valence-electron chi connectivity index (χ1n) is 4.34. The molecule has 2 heteroatoms. The topological polar surface area (TPSA) is 29.5 Å². The van der Waals surface area contributed by atoms with Crippen molar-refractivity contribution < 1.29 is 9.84 Å². The van der Waals surface area contributed by atoms with Crippen molar-refractivity contribution in [2.45, 2.75) is 19.3 Å². The van der Waals surface area contributed by atoms with Crippen LogP contribution in [-0.2, 0) is 4.74 Å². The third-order valence-corrected chi connectivity index (χ3v) is 2.32. The van der Waals surface area contributed by atoms with Gasteiger partial charge in [0.2, 0.25) is 0 Å². The molecule has 0 radical (unpaired) electrons. The number of hydrogen-bond acceptors (Lipinski definition) is 2. The molecular formula is C10H16O2. The van der Waals surface area contributed by atoms with Gasteiger partial charge < -0.3 is 9.84 Å². The van der Waals surface area contributed by atoms with E-state index in [0.717, 1.165) is 19.3 Å². The minimum atomic E-state index is -0.146. The Balaban J connectivity index is 2.54. The third-order valence-electron chi connectivity index (χ3n) is 2.32. The molecule has 1 aliphatic carbocycles. The Labute approximate surface area is 73.5 Å². The number of aliphatic hydroxyl groups is 1. The summed E-state index contributed by atoms with van der Waals surface area (Å²) in [6, 6.07) is 0. The van der Waals surface area contributed by atoms with Gasteiger partial charge in [-0.15, -0.1) is 0 Å². The molecule has 0 aliphatic heterocycles. The van der Waals surface area contributed by atoms with Crippen molar-refractivity contribution >= 4 is 0 Å². The first kappa shape index (κ1) is 9.33. The highest BCUT2D eigenvalue weighted by molar-refractivity contribution is 5.03. The van der Waals surface area contributed by atoms with Crippen LogP contribution in [0.15, 0.2) is 25.0 Å². The molecule has 0 fully saturated rings. The lowest BCUT2D eigenvalue weighted by atomic mass is 9.80. The molecule has 0 bridgehead atoms. The minimum Gasteiger partial charge on any atom is -0.501 e. The van der Waals surface area contributed by atoms with E-state index in [9.17, 15) is 5.11 Å². The summed E-state index contributed by atoms with van der Waals surface area (Å²) in [5.41, 5.74) is -0.146. The summed E-state index contributed by atoms with van der Waals surface area (Å²) in [6.07, 6.45) is 8.88. The van der Waals surface area contributed by atoms with E-state index in [1.165, 1.54) is 6.26 Å². The molecule has 0 amide bonds. The predicted octanol–water partition coefficient (Wildman–Crippen LogP) is 1.87. The van der Waals surface area contributed by atoms with Gasteiger partial charge in [0.05, 0.1) is 19.5 Å². The summed E-state index contributed by atoms with van der Waals surface area (Å²) >= 11 is 0. The fraction of sp³-hybridized carbons (Fsp3) is 0.600. The maximum absolute atomic E-state index is 9.20. The maximum Gasteiger partial charge on any atom is 0.0985 e. The number of aliphatic hydroxyl groups excluding tert-OH is 1. The van der Waals surface area contributed by atoms with Gasteiger partial charge in [0.15, 0.2) is 0 Å². The van der Waals surface area contributed by atoms with Crippen molar-refractivity contribution in [2.75, 3.05) is 13.2 Å².